The van der Waals surface area contributed by atoms with Gasteiger partial charge in [-0.2, -0.15) is 0 Å². The summed E-state index contributed by atoms with van der Waals surface area (Å²) < 4.78 is 5.65. The van der Waals surface area contributed by atoms with Crippen LogP contribution >= 0.6 is 24.0 Å². The summed E-state index contributed by atoms with van der Waals surface area (Å²) in [4.78, 5) is 9.36. The molecule has 2 aliphatic heterocycles. The Hall–Kier alpha value is -0.860. The Kier molecular flexibility index (Phi) is 8.82. The Morgan fingerprint density at radius 1 is 1.26 bits per heavy atom. The highest BCUT2D eigenvalue weighted by Crippen LogP contribution is 2.38. The predicted molar refractivity (Wildman–Crippen MR) is 123 cm³/mol. The number of nitrogens with one attached hydrogen (secondary N) is 1. The molecule has 152 valence electrons. The van der Waals surface area contributed by atoms with Gasteiger partial charge in [0.2, 0.25) is 0 Å². The van der Waals surface area contributed by atoms with Gasteiger partial charge in [0.05, 0.1) is 6.61 Å². The zero-order valence-corrected chi connectivity index (χ0v) is 19.4. The molecule has 0 amide bonds. The van der Waals surface area contributed by atoms with E-state index < -0.39 is 0 Å². The van der Waals surface area contributed by atoms with Crippen LogP contribution < -0.4 is 5.32 Å². The largest absolute Gasteiger partial charge is 0.381 e. The monoisotopic (exact) mass is 486 g/mol. The summed E-state index contributed by atoms with van der Waals surface area (Å²) in [6.07, 6.45) is 2.40. The van der Waals surface area contributed by atoms with E-state index in [1.54, 1.807) is 0 Å². The van der Waals surface area contributed by atoms with Crippen LogP contribution in [-0.4, -0.2) is 62.2 Å². The fourth-order valence-electron chi connectivity index (χ4n) is 4.14. The zero-order chi connectivity index (χ0) is 18.4. The lowest BCUT2D eigenvalue weighted by molar-refractivity contribution is 0.156. The van der Waals surface area contributed by atoms with Crippen molar-refractivity contribution in [2.75, 3.05) is 46.4 Å². The van der Waals surface area contributed by atoms with Crippen molar-refractivity contribution in [3.8, 4) is 0 Å². The summed E-state index contributed by atoms with van der Waals surface area (Å²) in [6.45, 7) is 12.4. The summed E-state index contributed by atoms with van der Waals surface area (Å²) in [5.74, 6) is 1.02. The van der Waals surface area contributed by atoms with Gasteiger partial charge in [0.15, 0.2) is 5.96 Å². The van der Waals surface area contributed by atoms with Gasteiger partial charge < -0.3 is 15.0 Å². The quantitative estimate of drug-likeness (QED) is 0.381. The average molecular weight is 486 g/mol. The standard InChI is InChI=1S/C21H34N4O.HI/c1-4-24(5-2)15-19-8-6-7-18(13-19)14-23-20(22-3)25-11-9-21(16-25)10-12-26-17-21;/h6-8,13H,4-5,9-12,14-17H2,1-3H3,(H,22,23);1H. The number of likely N-dealkylation sites (tertiary alicyclic amines) is 1. The number of halogens is 1. The molecule has 1 spiro atoms. The molecule has 2 aliphatic rings. The second kappa shape index (κ2) is 10.6. The van der Waals surface area contributed by atoms with Crippen molar-refractivity contribution < 1.29 is 4.74 Å². The SMILES string of the molecule is CCN(CC)Cc1cccc(CNC(=NC)N2CCC3(CCOC3)C2)c1.I. The maximum absolute atomic E-state index is 5.65. The minimum Gasteiger partial charge on any atom is -0.381 e. The van der Waals surface area contributed by atoms with Gasteiger partial charge in [-0.1, -0.05) is 38.1 Å². The molecule has 27 heavy (non-hydrogen) atoms. The van der Waals surface area contributed by atoms with Crippen molar-refractivity contribution in [2.45, 2.75) is 39.8 Å². The van der Waals surface area contributed by atoms with Crippen LogP contribution in [0, 0.1) is 5.41 Å². The van der Waals surface area contributed by atoms with Crippen molar-refractivity contribution in [3.05, 3.63) is 35.4 Å². The average Bonchev–Trinajstić information content (AvgIpc) is 3.31. The van der Waals surface area contributed by atoms with Gasteiger partial charge in [-0.25, -0.2) is 0 Å². The Labute approximate surface area is 181 Å². The van der Waals surface area contributed by atoms with Crippen LogP contribution in [0.2, 0.25) is 0 Å². The number of aliphatic imine (C=N–C) groups is 1. The van der Waals surface area contributed by atoms with Gasteiger partial charge in [-0.15, -0.1) is 24.0 Å². The summed E-state index contributed by atoms with van der Waals surface area (Å²) in [5.41, 5.74) is 3.06. The van der Waals surface area contributed by atoms with Crippen LogP contribution in [0.25, 0.3) is 0 Å². The second-order valence-electron chi connectivity index (χ2n) is 7.66. The first-order valence-corrected chi connectivity index (χ1v) is 10.0. The summed E-state index contributed by atoms with van der Waals surface area (Å²) in [7, 11) is 1.88. The zero-order valence-electron chi connectivity index (χ0n) is 17.0. The van der Waals surface area contributed by atoms with Gasteiger partial charge >= 0.3 is 0 Å². The molecular weight excluding hydrogens is 451 g/mol. The van der Waals surface area contributed by atoms with E-state index in [1.165, 1.54) is 24.0 Å². The minimum atomic E-state index is 0. The van der Waals surface area contributed by atoms with Crippen LogP contribution in [0.15, 0.2) is 29.3 Å². The lowest BCUT2D eigenvalue weighted by atomic mass is 9.87. The van der Waals surface area contributed by atoms with Crippen molar-refractivity contribution in [1.82, 2.24) is 15.1 Å². The summed E-state index contributed by atoms with van der Waals surface area (Å²) >= 11 is 0. The van der Waals surface area contributed by atoms with E-state index in [-0.39, 0.29) is 24.0 Å². The molecule has 0 saturated carbocycles. The highest BCUT2D eigenvalue weighted by atomic mass is 127. The smallest absolute Gasteiger partial charge is 0.193 e. The van der Waals surface area contributed by atoms with Crippen molar-refractivity contribution >= 4 is 29.9 Å². The van der Waals surface area contributed by atoms with E-state index in [0.29, 0.717) is 5.41 Å². The molecule has 1 aromatic carbocycles. The molecule has 0 aliphatic carbocycles. The van der Waals surface area contributed by atoms with E-state index in [1.807, 2.05) is 7.05 Å². The molecular formula is C21H35IN4O. The molecule has 0 radical (unpaired) electrons. The lowest BCUT2D eigenvalue weighted by Gasteiger charge is -2.25. The predicted octanol–water partition coefficient (Wildman–Crippen LogP) is 3.33. The van der Waals surface area contributed by atoms with Crippen molar-refractivity contribution in [3.63, 3.8) is 0 Å². The van der Waals surface area contributed by atoms with Gasteiger partial charge in [0, 0.05) is 45.2 Å². The topological polar surface area (TPSA) is 40.1 Å². The lowest BCUT2D eigenvalue weighted by Crippen LogP contribution is -2.41. The molecule has 1 N–H and O–H groups in total. The molecule has 2 fully saturated rings. The number of guanidine groups is 1. The fraction of sp³-hybridized carbons (Fsp3) is 0.667. The molecule has 1 unspecified atom stereocenters. The van der Waals surface area contributed by atoms with E-state index in [0.717, 1.165) is 58.4 Å². The van der Waals surface area contributed by atoms with E-state index in [4.69, 9.17) is 4.74 Å². The number of benzene rings is 1. The molecule has 2 saturated heterocycles. The van der Waals surface area contributed by atoms with Gasteiger partial charge in [-0.05, 0) is 37.1 Å². The molecule has 0 aromatic heterocycles. The van der Waals surface area contributed by atoms with Crippen molar-refractivity contribution in [1.29, 1.82) is 0 Å². The van der Waals surface area contributed by atoms with E-state index in [2.05, 4.69) is 58.2 Å². The number of rotatable bonds is 6. The first-order chi connectivity index (χ1) is 12.7. The minimum absolute atomic E-state index is 0. The van der Waals surface area contributed by atoms with Gasteiger partial charge in [-0.3, -0.25) is 9.89 Å². The third-order valence-electron chi connectivity index (χ3n) is 5.88. The molecule has 1 atom stereocenters. The Morgan fingerprint density at radius 3 is 2.70 bits per heavy atom. The van der Waals surface area contributed by atoms with Crippen LogP contribution in [-0.2, 0) is 17.8 Å². The highest BCUT2D eigenvalue weighted by Gasteiger charge is 2.42. The number of hydrogen-bond donors (Lipinski definition) is 1. The molecule has 5 nitrogen and oxygen atoms in total. The fourth-order valence-corrected chi connectivity index (χ4v) is 4.14. The summed E-state index contributed by atoms with van der Waals surface area (Å²) in [6, 6.07) is 8.90. The number of ether oxygens (including phenoxy) is 1. The maximum Gasteiger partial charge on any atom is 0.193 e. The van der Waals surface area contributed by atoms with Crippen LogP contribution in [0.3, 0.4) is 0 Å². The highest BCUT2D eigenvalue weighted by molar-refractivity contribution is 14.0. The number of nitrogens with zero attached hydrogens (tertiary/aromatic N) is 3. The van der Waals surface area contributed by atoms with E-state index in [9.17, 15) is 0 Å². The van der Waals surface area contributed by atoms with Gasteiger partial charge in [0.1, 0.15) is 0 Å². The maximum atomic E-state index is 5.65. The molecule has 0 bridgehead atoms. The normalized spacial score (nSPS) is 22.5. The molecule has 1 aromatic rings. The molecule has 2 heterocycles. The summed E-state index contributed by atoms with van der Waals surface area (Å²) in [5, 5.41) is 3.56. The molecule has 6 heteroatoms. The Balaban J connectivity index is 0.00000261. The first-order valence-electron chi connectivity index (χ1n) is 10.0. The second-order valence-corrected chi connectivity index (χ2v) is 7.66. The van der Waals surface area contributed by atoms with Crippen LogP contribution in [0.5, 0.6) is 0 Å². The van der Waals surface area contributed by atoms with E-state index >= 15 is 0 Å². The number of hydrogen-bond acceptors (Lipinski definition) is 3. The third kappa shape index (κ3) is 5.81. The first kappa shape index (κ1) is 22.4. The van der Waals surface area contributed by atoms with Crippen molar-refractivity contribution in [2.24, 2.45) is 10.4 Å². The third-order valence-corrected chi connectivity index (χ3v) is 5.88. The Bertz CT molecular complexity index is 612. The van der Waals surface area contributed by atoms with Crippen LogP contribution in [0.4, 0.5) is 0 Å². The van der Waals surface area contributed by atoms with Gasteiger partial charge in [0.25, 0.3) is 0 Å². The van der Waals surface area contributed by atoms with Crippen LogP contribution in [0.1, 0.15) is 37.8 Å². The molecule has 3 rings (SSSR count). The Morgan fingerprint density at radius 2 is 2.04 bits per heavy atom.